The van der Waals surface area contributed by atoms with Crippen LogP contribution in [0.15, 0.2) is 48.8 Å². The maximum absolute atomic E-state index is 12.4. The van der Waals surface area contributed by atoms with Crippen LogP contribution in [0.25, 0.3) is 11.3 Å². The van der Waals surface area contributed by atoms with Crippen LogP contribution in [0.4, 0.5) is 24.7 Å². The standard InChI is InChI=1S/C23H23F3N4O3/c1-14-20(19-10-5-16(21(27)31)12-15(19)4-3-11-32-2)28-13-29-22(14)30-17-6-8-18(9-7-17)33-23(24,25)26/h5-10,12-13H,3-4,11H2,1-2H3,(H2,27,31)(H,28,29,30). The first-order valence-corrected chi connectivity index (χ1v) is 10.0. The maximum atomic E-state index is 12.4. The molecule has 7 nitrogen and oxygen atoms in total. The van der Waals surface area contributed by atoms with Crippen molar-refractivity contribution < 1.29 is 27.4 Å². The number of anilines is 2. The Balaban J connectivity index is 1.90. The number of methoxy groups -OCH3 is 1. The molecule has 1 amide bonds. The van der Waals surface area contributed by atoms with Crippen molar-refractivity contribution in [1.29, 1.82) is 0 Å². The Bertz CT molecular complexity index is 1120. The number of aryl methyl sites for hydroxylation is 1. The summed E-state index contributed by atoms with van der Waals surface area (Å²) >= 11 is 0. The van der Waals surface area contributed by atoms with Crippen LogP contribution in [-0.4, -0.2) is 36.0 Å². The van der Waals surface area contributed by atoms with Gasteiger partial charge in [-0.15, -0.1) is 13.2 Å². The third-order valence-corrected chi connectivity index (χ3v) is 4.87. The van der Waals surface area contributed by atoms with Gasteiger partial charge in [0.1, 0.15) is 17.9 Å². The molecule has 0 bridgehead atoms. The molecule has 0 atom stereocenters. The molecule has 1 heterocycles. The minimum absolute atomic E-state index is 0.316. The predicted octanol–water partition coefficient (Wildman–Crippen LogP) is 4.77. The molecule has 0 unspecified atom stereocenters. The van der Waals surface area contributed by atoms with Gasteiger partial charge in [-0.1, -0.05) is 6.07 Å². The molecule has 10 heteroatoms. The fraction of sp³-hybridized carbons (Fsp3) is 0.261. The van der Waals surface area contributed by atoms with E-state index in [2.05, 4.69) is 20.0 Å². The summed E-state index contributed by atoms with van der Waals surface area (Å²) < 4.78 is 46.1. The zero-order chi connectivity index (χ0) is 24.0. The topological polar surface area (TPSA) is 99.4 Å². The van der Waals surface area contributed by atoms with Crippen molar-refractivity contribution >= 4 is 17.4 Å². The average Bonchev–Trinajstić information content (AvgIpc) is 2.76. The molecule has 0 radical (unpaired) electrons. The number of ether oxygens (including phenoxy) is 2. The number of carbonyl (C=O) groups is 1. The molecule has 2 aromatic carbocycles. The summed E-state index contributed by atoms with van der Waals surface area (Å²) in [5.41, 5.74) is 9.48. The van der Waals surface area contributed by atoms with Gasteiger partial charge in [0.15, 0.2) is 0 Å². The summed E-state index contributed by atoms with van der Waals surface area (Å²) in [5.74, 6) is -0.344. The fourth-order valence-electron chi connectivity index (χ4n) is 3.32. The Labute approximate surface area is 188 Å². The normalized spacial score (nSPS) is 11.3. The lowest BCUT2D eigenvalue weighted by molar-refractivity contribution is -0.274. The lowest BCUT2D eigenvalue weighted by Gasteiger charge is -2.15. The van der Waals surface area contributed by atoms with Gasteiger partial charge < -0.3 is 20.5 Å². The van der Waals surface area contributed by atoms with Crippen molar-refractivity contribution in [2.45, 2.75) is 26.1 Å². The van der Waals surface area contributed by atoms with E-state index in [9.17, 15) is 18.0 Å². The highest BCUT2D eigenvalue weighted by molar-refractivity contribution is 5.93. The van der Waals surface area contributed by atoms with Crippen LogP contribution in [0.2, 0.25) is 0 Å². The third-order valence-electron chi connectivity index (χ3n) is 4.87. The number of amides is 1. The molecular weight excluding hydrogens is 437 g/mol. The molecular formula is C23H23F3N4O3. The monoisotopic (exact) mass is 460 g/mol. The second-order valence-electron chi connectivity index (χ2n) is 7.23. The number of rotatable bonds is 9. The number of hydrogen-bond acceptors (Lipinski definition) is 6. The number of aromatic nitrogens is 2. The summed E-state index contributed by atoms with van der Waals surface area (Å²) in [6.45, 7) is 2.39. The van der Waals surface area contributed by atoms with E-state index in [1.165, 1.54) is 30.6 Å². The van der Waals surface area contributed by atoms with Crippen LogP contribution in [0, 0.1) is 6.92 Å². The average molecular weight is 460 g/mol. The van der Waals surface area contributed by atoms with E-state index >= 15 is 0 Å². The number of benzene rings is 2. The number of alkyl halides is 3. The highest BCUT2D eigenvalue weighted by Gasteiger charge is 2.31. The molecule has 0 spiro atoms. The number of nitrogens with two attached hydrogens (primary N) is 1. The van der Waals surface area contributed by atoms with Gasteiger partial charge in [0.2, 0.25) is 5.91 Å². The van der Waals surface area contributed by atoms with E-state index in [4.69, 9.17) is 10.5 Å². The van der Waals surface area contributed by atoms with Crippen LogP contribution in [-0.2, 0) is 11.2 Å². The van der Waals surface area contributed by atoms with E-state index in [1.807, 2.05) is 6.92 Å². The molecule has 0 aliphatic rings. The lowest BCUT2D eigenvalue weighted by Crippen LogP contribution is -2.17. The molecule has 1 aromatic heterocycles. The number of primary amides is 1. The summed E-state index contributed by atoms with van der Waals surface area (Å²) in [4.78, 5) is 20.3. The van der Waals surface area contributed by atoms with Crippen LogP contribution in [0.1, 0.15) is 27.9 Å². The van der Waals surface area contributed by atoms with Gasteiger partial charge in [0, 0.05) is 36.1 Å². The zero-order valence-corrected chi connectivity index (χ0v) is 18.1. The molecule has 3 rings (SSSR count). The van der Waals surface area contributed by atoms with Crippen molar-refractivity contribution in [3.05, 3.63) is 65.5 Å². The first-order valence-electron chi connectivity index (χ1n) is 10.0. The second kappa shape index (κ2) is 10.3. The van der Waals surface area contributed by atoms with Gasteiger partial charge in [-0.25, -0.2) is 9.97 Å². The van der Waals surface area contributed by atoms with Crippen molar-refractivity contribution in [2.24, 2.45) is 5.73 Å². The first-order chi connectivity index (χ1) is 15.7. The molecule has 0 aliphatic carbocycles. The van der Waals surface area contributed by atoms with Gasteiger partial charge in [-0.3, -0.25) is 4.79 Å². The number of nitrogens with one attached hydrogen (secondary N) is 1. The van der Waals surface area contributed by atoms with E-state index < -0.39 is 12.3 Å². The third kappa shape index (κ3) is 6.42. The second-order valence-corrected chi connectivity index (χ2v) is 7.23. The summed E-state index contributed by atoms with van der Waals surface area (Å²) in [6, 6.07) is 10.5. The van der Waals surface area contributed by atoms with Crippen LogP contribution in [0.3, 0.4) is 0 Å². The molecule has 33 heavy (non-hydrogen) atoms. The van der Waals surface area contributed by atoms with Gasteiger partial charge >= 0.3 is 6.36 Å². The Hall–Kier alpha value is -3.66. The van der Waals surface area contributed by atoms with E-state index in [0.29, 0.717) is 35.8 Å². The summed E-state index contributed by atoms with van der Waals surface area (Å²) in [6.07, 6.45) is -1.96. The Kier molecular flexibility index (Phi) is 7.49. The molecule has 174 valence electrons. The molecule has 0 saturated carbocycles. The number of hydrogen-bond donors (Lipinski definition) is 2. The van der Waals surface area contributed by atoms with Crippen LogP contribution in [0.5, 0.6) is 5.75 Å². The highest BCUT2D eigenvalue weighted by Crippen LogP contribution is 2.31. The quantitative estimate of drug-likeness (QED) is 0.446. The van der Waals surface area contributed by atoms with E-state index in [1.54, 1.807) is 25.3 Å². The number of halogens is 3. The number of nitrogens with zero attached hydrogens (tertiary/aromatic N) is 2. The molecule has 3 N–H and O–H groups in total. The maximum Gasteiger partial charge on any atom is 0.573 e. The molecule has 3 aromatic rings. The van der Waals surface area contributed by atoms with Crippen LogP contribution < -0.4 is 15.8 Å². The van der Waals surface area contributed by atoms with Gasteiger partial charge in [-0.2, -0.15) is 0 Å². The smallest absolute Gasteiger partial charge is 0.406 e. The Morgan fingerprint density at radius 3 is 2.48 bits per heavy atom. The van der Waals surface area contributed by atoms with Gasteiger partial charge in [0.25, 0.3) is 0 Å². The van der Waals surface area contributed by atoms with Crippen molar-refractivity contribution in [3.63, 3.8) is 0 Å². The zero-order valence-electron chi connectivity index (χ0n) is 18.1. The van der Waals surface area contributed by atoms with Gasteiger partial charge in [0.05, 0.1) is 5.69 Å². The minimum Gasteiger partial charge on any atom is -0.406 e. The lowest BCUT2D eigenvalue weighted by atomic mass is 9.95. The van der Waals surface area contributed by atoms with Crippen LogP contribution >= 0.6 is 0 Å². The molecule has 0 saturated heterocycles. The van der Waals surface area contributed by atoms with Crippen molar-refractivity contribution in [1.82, 2.24) is 9.97 Å². The summed E-state index contributed by atoms with van der Waals surface area (Å²) in [5, 5.41) is 3.09. The predicted molar refractivity (Wildman–Crippen MR) is 117 cm³/mol. The van der Waals surface area contributed by atoms with Crippen molar-refractivity contribution in [2.75, 3.05) is 19.0 Å². The van der Waals surface area contributed by atoms with Crippen molar-refractivity contribution in [3.8, 4) is 17.0 Å². The van der Waals surface area contributed by atoms with Gasteiger partial charge in [-0.05, 0) is 61.7 Å². The minimum atomic E-state index is -4.75. The summed E-state index contributed by atoms with van der Waals surface area (Å²) in [7, 11) is 1.62. The largest absolute Gasteiger partial charge is 0.573 e. The Morgan fingerprint density at radius 2 is 1.85 bits per heavy atom. The van der Waals surface area contributed by atoms with E-state index in [0.717, 1.165) is 23.1 Å². The fourth-order valence-corrected chi connectivity index (χ4v) is 3.32. The SMILES string of the molecule is COCCCc1cc(C(N)=O)ccc1-c1ncnc(Nc2ccc(OC(F)(F)F)cc2)c1C. The molecule has 0 fully saturated rings. The number of carbonyl (C=O) groups excluding carboxylic acids is 1. The highest BCUT2D eigenvalue weighted by atomic mass is 19.4. The molecule has 0 aliphatic heterocycles. The first kappa shape index (κ1) is 24.0. The Morgan fingerprint density at radius 1 is 1.12 bits per heavy atom. The van der Waals surface area contributed by atoms with E-state index in [-0.39, 0.29) is 5.75 Å².